The molecule has 25 heavy (non-hydrogen) atoms. The summed E-state index contributed by atoms with van der Waals surface area (Å²) in [6.07, 6.45) is 3.49. The Labute approximate surface area is 153 Å². The van der Waals surface area contributed by atoms with E-state index in [1.807, 2.05) is 0 Å². The second kappa shape index (κ2) is 8.42. The molecule has 0 aliphatic heterocycles. The minimum Gasteiger partial charge on any atom is -0.497 e. The highest BCUT2D eigenvalue weighted by atomic mass is 16.5. The van der Waals surface area contributed by atoms with Gasteiger partial charge in [-0.15, -0.1) is 0 Å². The fourth-order valence-corrected chi connectivity index (χ4v) is 3.65. The molecule has 2 aromatic carbocycles. The Morgan fingerprint density at radius 3 is 2.04 bits per heavy atom. The van der Waals surface area contributed by atoms with Gasteiger partial charge in [0.05, 0.1) is 14.2 Å². The summed E-state index contributed by atoms with van der Waals surface area (Å²) in [5.74, 6) is 2.32. The lowest BCUT2D eigenvalue weighted by Gasteiger charge is -2.22. The van der Waals surface area contributed by atoms with Gasteiger partial charge in [0.25, 0.3) is 0 Å². The third-order valence-corrected chi connectivity index (χ3v) is 4.83. The minimum atomic E-state index is 0.395. The number of ether oxygens (including phenoxy) is 2. The maximum absolute atomic E-state index is 5.79. The standard InChI is InChI=1S/C23H32O2/c1-8-9-10-18-13-20(22(15(2)3)21(14-18)25-7)23-16(4)11-19(24-6)12-17(23)5/h11-15H,8-10H2,1-7H3. The van der Waals surface area contributed by atoms with Crippen LogP contribution >= 0.6 is 0 Å². The second-order valence-corrected chi connectivity index (χ2v) is 7.15. The first-order chi connectivity index (χ1) is 11.9. The molecule has 2 rings (SSSR count). The molecule has 2 nitrogen and oxygen atoms in total. The number of rotatable bonds is 7. The van der Waals surface area contributed by atoms with E-state index < -0.39 is 0 Å². The van der Waals surface area contributed by atoms with Crippen LogP contribution < -0.4 is 9.47 Å². The molecule has 0 saturated heterocycles. The van der Waals surface area contributed by atoms with Gasteiger partial charge in [-0.25, -0.2) is 0 Å². The van der Waals surface area contributed by atoms with Gasteiger partial charge in [0.15, 0.2) is 0 Å². The van der Waals surface area contributed by atoms with E-state index in [9.17, 15) is 0 Å². The molecule has 0 heterocycles. The Bertz CT molecular complexity index is 706. The lowest BCUT2D eigenvalue weighted by molar-refractivity contribution is 0.407. The summed E-state index contributed by atoms with van der Waals surface area (Å²) in [6, 6.07) is 8.84. The van der Waals surface area contributed by atoms with Gasteiger partial charge < -0.3 is 9.47 Å². The number of hydrogen-bond donors (Lipinski definition) is 0. The van der Waals surface area contributed by atoms with Crippen LogP contribution in [0.15, 0.2) is 24.3 Å². The van der Waals surface area contributed by atoms with E-state index in [-0.39, 0.29) is 0 Å². The Kier molecular flexibility index (Phi) is 6.52. The second-order valence-electron chi connectivity index (χ2n) is 7.15. The van der Waals surface area contributed by atoms with Crippen LogP contribution in [0.5, 0.6) is 11.5 Å². The van der Waals surface area contributed by atoms with Gasteiger partial charge in [0.1, 0.15) is 11.5 Å². The molecule has 0 fully saturated rings. The summed E-state index contributed by atoms with van der Waals surface area (Å²) >= 11 is 0. The van der Waals surface area contributed by atoms with E-state index in [0.717, 1.165) is 17.9 Å². The highest BCUT2D eigenvalue weighted by Gasteiger charge is 2.19. The molecule has 0 amide bonds. The number of methoxy groups -OCH3 is 2. The van der Waals surface area contributed by atoms with Gasteiger partial charge in [-0.2, -0.15) is 0 Å². The molecule has 0 aliphatic carbocycles. The van der Waals surface area contributed by atoms with Crippen molar-refractivity contribution in [1.29, 1.82) is 0 Å². The summed E-state index contributed by atoms with van der Waals surface area (Å²) in [5.41, 5.74) is 7.74. The van der Waals surface area contributed by atoms with Gasteiger partial charge >= 0.3 is 0 Å². The highest BCUT2D eigenvalue weighted by molar-refractivity contribution is 5.78. The first-order valence-corrected chi connectivity index (χ1v) is 9.29. The predicted octanol–water partition coefficient (Wildman–Crippen LogP) is 6.45. The Balaban J connectivity index is 2.73. The Morgan fingerprint density at radius 2 is 1.56 bits per heavy atom. The maximum atomic E-state index is 5.79. The summed E-state index contributed by atoms with van der Waals surface area (Å²) in [4.78, 5) is 0. The van der Waals surface area contributed by atoms with Crippen molar-refractivity contribution in [2.75, 3.05) is 14.2 Å². The predicted molar refractivity (Wildman–Crippen MR) is 107 cm³/mol. The van der Waals surface area contributed by atoms with Gasteiger partial charge in [-0.05, 0) is 78.6 Å². The van der Waals surface area contributed by atoms with Crippen LogP contribution in [-0.2, 0) is 6.42 Å². The van der Waals surface area contributed by atoms with Gasteiger partial charge in [0, 0.05) is 5.56 Å². The molecule has 0 radical (unpaired) electrons. The Morgan fingerprint density at radius 1 is 0.920 bits per heavy atom. The fourth-order valence-electron chi connectivity index (χ4n) is 3.65. The van der Waals surface area contributed by atoms with Crippen molar-refractivity contribution in [2.24, 2.45) is 0 Å². The summed E-state index contributed by atoms with van der Waals surface area (Å²) < 4.78 is 11.2. The van der Waals surface area contributed by atoms with Crippen LogP contribution in [0.1, 0.15) is 61.8 Å². The van der Waals surface area contributed by atoms with Crippen LogP contribution in [-0.4, -0.2) is 14.2 Å². The number of unbranched alkanes of at least 4 members (excludes halogenated alkanes) is 1. The maximum Gasteiger partial charge on any atom is 0.123 e. The van der Waals surface area contributed by atoms with Gasteiger partial charge in [-0.1, -0.05) is 33.3 Å². The fraction of sp³-hybridized carbons (Fsp3) is 0.478. The SMILES string of the molecule is CCCCc1cc(OC)c(C(C)C)c(-c2c(C)cc(OC)cc2C)c1. The van der Waals surface area contributed by atoms with Crippen LogP contribution in [0.3, 0.4) is 0 Å². The van der Waals surface area contributed by atoms with E-state index >= 15 is 0 Å². The molecule has 0 saturated carbocycles. The lowest BCUT2D eigenvalue weighted by atomic mass is 9.85. The van der Waals surface area contributed by atoms with E-state index in [4.69, 9.17) is 9.47 Å². The van der Waals surface area contributed by atoms with Crippen molar-refractivity contribution < 1.29 is 9.47 Å². The average Bonchev–Trinajstić information content (AvgIpc) is 2.58. The normalized spacial score (nSPS) is 11.0. The van der Waals surface area contributed by atoms with Crippen molar-refractivity contribution in [1.82, 2.24) is 0 Å². The topological polar surface area (TPSA) is 18.5 Å². The molecule has 0 aromatic heterocycles. The van der Waals surface area contributed by atoms with E-state index in [2.05, 4.69) is 58.9 Å². The molecule has 0 N–H and O–H groups in total. The van der Waals surface area contributed by atoms with Crippen LogP contribution in [0.25, 0.3) is 11.1 Å². The molecule has 0 spiro atoms. The first kappa shape index (κ1) is 19.4. The van der Waals surface area contributed by atoms with Crippen molar-refractivity contribution in [3.8, 4) is 22.6 Å². The molecule has 136 valence electrons. The zero-order valence-electron chi connectivity index (χ0n) is 16.8. The number of hydrogen-bond acceptors (Lipinski definition) is 2. The van der Waals surface area contributed by atoms with Gasteiger partial charge in [-0.3, -0.25) is 0 Å². The average molecular weight is 341 g/mol. The molecular weight excluding hydrogens is 308 g/mol. The first-order valence-electron chi connectivity index (χ1n) is 9.29. The summed E-state index contributed by atoms with van der Waals surface area (Å²) in [6.45, 7) is 11.0. The molecule has 0 aliphatic rings. The molecular formula is C23H32O2. The third kappa shape index (κ3) is 4.18. The lowest BCUT2D eigenvalue weighted by Crippen LogP contribution is -2.02. The van der Waals surface area contributed by atoms with Crippen molar-refractivity contribution >= 4 is 0 Å². The number of benzene rings is 2. The smallest absolute Gasteiger partial charge is 0.123 e. The largest absolute Gasteiger partial charge is 0.497 e. The minimum absolute atomic E-state index is 0.395. The van der Waals surface area contributed by atoms with E-state index in [0.29, 0.717) is 5.92 Å². The summed E-state index contributed by atoms with van der Waals surface area (Å²) in [5, 5.41) is 0. The third-order valence-electron chi connectivity index (χ3n) is 4.83. The molecule has 2 aromatic rings. The summed E-state index contributed by atoms with van der Waals surface area (Å²) in [7, 11) is 3.50. The zero-order chi connectivity index (χ0) is 18.6. The van der Waals surface area contributed by atoms with Gasteiger partial charge in [0.2, 0.25) is 0 Å². The number of aryl methyl sites for hydroxylation is 3. The quantitative estimate of drug-likeness (QED) is 0.576. The van der Waals surface area contributed by atoms with Crippen LogP contribution in [0.2, 0.25) is 0 Å². The molecule has 0 unspecified atom stereocenters. The van der Waals surface area contributed by atoms with E-state index in [1.165, 1.54) is 46.2 Å². The molecule has 0 bridgehead atoms. The molecule has 0 atom stereocenters. The monoisotopic (exact) mass is 340 g/mol. The molecule has 2 heteroatoms. The van der Waals surface area contributed by atoms with E-state index in [1.54, 1.807) is 14.2 Å². The zero-order valence-corrected chi connectivity index (χ0v) is 16.8. The van der Waals surface area contributed by atoms with Crippen molar-refractivity contribution in [2.45, 2.75) is 59.8 Å². The highest BCUT2D eigenvalue weighted by Crippen LogP contribution is 2.41. The van der Waals surface area contributed by atoms with Crippen LogP contribution in [0, 0.1) is 13.8 Å². The Hall–Kier alpha value is -1.96. The van der Waals surface area contributed by atoms with Crippen LogP contribution in [0.4, 0.5) is 0 Å². The van der Waals surface area contributed by atoms with Crippen molar-refractivity contribution in [3.63, 3.8) is 0 Å². The van der Waals surface area contributed by atoms with Crippen molar-refractivity contribution in [3.05, 3.63) is 46.5 Å².